The van der Waals surface area contributed by atoms with Gasteiger partial charge in [-0.25, -0.2) is 4.79 Å². The summed E-state index contributed by atoms with van der Waals surface area (Å²) >= 11 is 0. The van der Waals surface area contributed by atoms with Crippen LogP contribution in [0.25, 0.3) is 0 Å². The highest BCUT2D eigenvalue weighted by molar-refractivity contribution is 5.89. The molecule has 2 aliphatic heterocycles. The van der Waals surface area contributed by atoms with E-state index < -0.39 is 0 Å². The van der Waals surface area contributed by atoms with E-state index in [1.807, 2.05) is 12.1 Å². The summed E-state index contributed by atoms with van der Waals surface area (Å²) in [4.78, 5) is 47.9. The molecule has 3 rings (SSSR count). The van der Waals surface area contributed by atoms with E-state index in [1.54, 1.807) is 46.1 Å². The van der Waals surface area contributed by atoms with Crippen LogP contribution in [0.3, 0.4) is 0 Å². The Morgan fingerprint density at radius 3 is 2.50 bits per heavy atom. The van der Waals surface area contributed by atoms with E-state index in [0.717, 1.165) is 5.56 Å². The molecule has 2 fully saturated rings. The van der Waals surface area contributed by atoms with Gasteiger partial charge in [0.2, 0.25) is 11.8 Å². The third-order valence-corrected chi connectivity index (χ3v) is 4.90. The van der Waals surface area contributed by atoms with Crippen LogP contribution in [-0.2, 0) is 16.1 Å². The third-order valence-electron chi connectivity index (χ3n) is 4.90. The van der Waals surface area contributed by atoms with Crippen molar-refractivity contribution < 1.29 is 14.4 Å². The van der Waals surface area contributed by atoms with Gasteiger partial charge in [0, 0.05) is 72.2 Å². The van der Waals surface area contributed by atoms with Crippen molar-refractivity contribution in [1.82, 2.24) is 24.6 Å². The smallest absolute Gasteiger partial charge is 0.319 e. The molecule has 3 heterocycles. The van der Waals surface area contributed by atoms with Crippen LogP contribution in [0.5, 0.6) is 0 Å². The van der Waals surface area contributed by atoms with Crippen LogP contribution >= 0.6 is 0 Å². The van der Waals surface area contributed by atoms with Gasteiger partial charge in [0.1, 0.15) is 0 Å². The number of piperazine rings is 1. The Bertz CT molecular complexity index is 671. The van der Waals surface area contributed by atoms with Crippen molar-refractivity contribution >= 4 is 17.8 Å². The number of hydrogen-bond acceptors (Lipinski definition) is 4. The summed E-state index contributed by atoms with van der Waals surface area (Å²) in [6, 6.07) is 3.74. The molecular weight excluding hydrogens is 334 g/mol. The van der Waals surface area contributed by atoms with Crippen molar-refractivity contribution in [2.75, 3.05) is 46.8 Å². The average Bonchev–Trinajstić information content (AvgIpc) is 3.02. The van der Waals surface area contributed by atoms with Gasteiger partial charge in [-0.15, -0.1) is 0 Å². The number of carbonyl (C=O) groups excluding carboxylic acids is 3. The fourth-order valence-electron chi connectivity index (χ4n) is 3.46. The molecule has 2 aliphatic rings. The van der Waals surface area contributed by atoms with E-state index in [1.165, 1.54) is 0 Å². The van der Waals surface area contributed by atoms with Crippen molar-refractivity contribution in [2.24, 2.45) is 5.92 Å². The fraction of sp³-hybridized carbons (Fsp3) is 0.556. The molecule has 0 saturated carbocycles. The second-order valence-corrected chi connectivity index (χ2v) is 7.03. The number of rotatable bonds is 3. The van der Waals surface area contributed by atoms with Crippen molar-refractivity contribution in [3.63, 3.8) is 0 Å². The standard InChI is InChI=1S/C18H25N5O3/c1-20(2)18(26)22-8-6-21(7-9-22)17(25)15-10-16(24)23(13-15)12-14-4-3-5-19-11-14/h3-5,11,15H,6-10,12-13H2,1-2H3/t15-/m1/s1. The lowest BCUT2D eigenvalue weighted by Crippen LogP contribution is -2.54. The summed E-state index contributed by atoms with van der Waals surface area (Å²) < 4.78 is 0. The number of likely N-dealkylation sites (tertiary alicyclic amines) is 1. The van der Waals surface area contributed by atoms with E-state index in [-0.39, 0.29) is 30.2 Å². The van der Waals surface area contributed by atoms with E-state index in [0.29, 0.717) is 39.3 Å². The Hall–Kier alpha value is -2.64. The van der Waals surface area contributed by atoms with Crippen LogP contribution in [-0.4, -0.2) is 89.2 Å². The van der Waals surface area contributed by atoms with E-state index in [2.05, 4.69) is 4.98 Å². The van der Waals surface area contributed by atoms with Crippen LogP contribution in [0.15, 0.2) is 24.5 Å². The number of hydrogen-bond donors (Lipinski definition) is 0. The van der Waals surface area contributed by atoms with Gasteiger partial charge < -0.3 is 19.6 Å². The van der Waals surface area contributed by atoms with Crippen molar-refractivity contribution in [3.05, 3.63) is 30.1 Å². The molecule has 0 radical (unpaired) electrons. The molecule has 0 bridgehead atoms. The number of carbonyl (C=O) groups is 3. The molecule has 26 heavy (non-hydrogen) atoms. The zero-order valence-corrected chi connectivity index (χ0v) is 15.3. The zero-order chi connectivity index (χ0) is 18.7. The van der Waals surface area contributed by atoms with Gasteiger partial charge >= 0.3 is 6.03 Å². The normalized spacial score (nSPS) is 20.5. The minimum atomic E-state index is -0.296. The summed E-state index contributed by atoms with van der Waals surface area (Å²) in [6.07, 6.45) is 3.70. The highest BCUT2D eigenvalue weighted by Gasteiger charge is 2.37. The Morgan fingerprint density at radius 2 is 1.88 bits per heavy atom. The predicted molar refractivity (Wildman–Crippen MR) is 95.0 cm³/mol. The summed E-state index contributed by atoms with van der Waals surface area (Å²) in [5.74, 6) is -0.270. The zero-order valence-electron chi connectivity index (χ0n) is 15.3. The number of pyridine rings is 1. The molecule has 4 amide bonds. The first-order valence-electron chi connectivity index (χ1n) is 8.87. The summed E-state index contributed by atoms with van der Waals surface area (Å²) in [5.41, 5.74) is 0.963. The minimum Gasteiger partial charge on any atom is -0.339 e. The molecule has 1 aromatic heterocycles. The Labute approximate surface area is 153 Å². The highest BCUT2D eigenvalue weighted by atomic mass is 16.2. The van der Waals surface area contributed by atoms with Crippen LogP contribution in [0, 0.1) is 5.92 Å². The van der Waals surface area contributed by atoms with Gasteiger partial charge in [-0.05, 0) is 11.6 Å². The lowest BCUT2D eigenvalue weighted by Gasteiger charge is -2.36. The Balaban J connectivity index is 1.53. The van der Waals surface area contributed by atoms with Gasteiger partial charge in [0.25, 0.3) is 0 Å². The van der Waals surface area contributed by atoms with E-state index in [4.69, 9.17) is 0 Å². The second-order valence-electron chi connectivity index (χ2n) is 7.03. The molecule has 0 aromatic carbocycles. The first-order chi connectivity index (χ1) is 12.5. The van der Waals surface area contributed by atoms with Gasteiger partial charge in [-0.3, -0.25) is 14.6 Å². The molecule has 0 unspecified atom stereocenters. The first kappa shape index (κ1) is 18.2. The lowest BCUT2D eigenvalue weighted by molar-refractivity contribution is -0.137. The molecule has 1 aromatic rings. The van der Waals surface area contributed by atoms with Gasteiger partial charge in [0.15, 0.2) is 0 Å². The van der Waals surface area contributed by atoms with Gasteiger partial charge in [0.05, 0.1) is 5.92 Å². The molecule has 0 spiro atoms. The molecule has 2 saturated heterocycles. The molecule has 0 aliphatic carbocycles. The minimum absolute atomic E-state index is 0.00799. The van der Waals surface area contributed by atoms with Crippen LogP contribution in [0.4, 0.5) is 4.79 Å². The van der Waals surface area contributed by atoms with Crippen molar-refractivity contribution in [2.45, 2.75) is 13.0 Å². The molecular formula is C18H25N5O3. The third kappa shape index (κ3) is 3.95. The largest absolute Gasteiger partial charge is 0.339 e. The van der Waals surface area contributed by atoms with Crippen molar-refractivity contribution in [3.8, 4) is 0 Å². The number of aromatic nitrogens is 1. The molecule has 1 atom stereocenters. The average molecular weight is 359 g/mol. The molecule has 0 N–H and O–H groups in total. The molecule has 140 valence electrons. The number of nitrogens with zero attached hydrogens (tertiary/aromatic N) is 5. The maximum absolute atomic E-state index is 12.8. The number of urea groups is 1. The summed E-state index contributed by atoms with van der Waals surface area (Å²) in [6.45, 7) is 3.04. The maximum Gasteiger partial charge on any atom is 0.319 e. The maximum atomic E-state index is 12.8. The highest BCUT2D eigenvalue weighted by Crippen LogP contribution is 2.22. The van der Waals surface area contributed by atoms with Crippen molar-refractivity contribution in [1.29, 1.82) is 0 Å². The second kappa shape index (κ2) is 7.72. The molecule has 8 heteroatoms. The molecule has 8 nitrogen and oxygen atoms in total. The Morgan fingerprint density at radius 1 is 1.19 bits per heavy atom. The van der Waals surface area contributed by atoms with Crippen LogP contribution in [0.1, 0.15) is 12.0 Å². The number of amides is 4. The topological polar surface area (TPSA) is 77.1 Å². The monoisotopic (exact) mass is 359 g/mol. The van der Waals surface area contributed by atoms with E-state index >= 15 is 0 Å². The quantitative estimate of drug-likeness (QED) is 0.775. The first-order valence-corrected chi connectivity index (χ1v) is 8.87. The fourth-order valence-corrected chi connectivity index (χ4v) is 3.46. The predicted octanol–water partition coefficient (Wildman–Crippen LogP) is 0.256. The Kier molecular flexibility index (Phi) is 5.39. The van der Waals surface area contributed by atoms with E-state index in [9.17, 15) is 14.4 Å². The summed E-state index contributed by atoms with van der Waals surface area (Å²) in [7, 11) is 3.45. The van der Waals surface area contributed by atoms with Gasteiger partial charge in [-0.2, -0.15) is 0 Å². The van der Waals surface area contributed by atoms with Gasteiger partial charge in [-0.1, -0.05) is 6.07 Å². The lowest BCUT2D eigenvalue weighted by atomic mass is 10.1. The van der Waals surface area contributed by atoms with Crippen LogP contribution < -0.4 is 0 Å². The van der Waals surface area contributed by atoms with Crippen LogP contribution in [0.2, 0.25) is 0 Å². The summed E-state index contributed by atoms with van der Waals surface area (Å²) in [5, 5.41) is 0. The SMILES string of the molecule is CN(C)C(=O)N1CCN(C(=O)[C@@H]2CC(=O)N(Cc3cccnc3)C2)CC1.